The van der Waals surface area contributed by atoms with Crippen LogP contribution in [0.5, 0.6) is 0 Å². The van der Waals surface area contributed by atoms with Crippen LogP contribution in [0.25, 0.3) is 0 Å². The van der Waals surface area contributed by atoms with Crippen LogP contribution in [0.1, 0.15) is 19.4 Å². The summed E-state index contributed by atoms with van der Waals surface area (Å²) in [4.78, 5) is 9.99. The summed E-state index contributed by atoms with van der Waals surface area (Å²) in [6.45, 7) is 4.91. The second-order valence-electron chi connectivity index (χ2n) is 4.49. The van der Waals surface area contributed by atoms with Gasteiger partial charge in [0.2, 0.25) is 10.0 Å². The molecule has 0 radical (unpaired) electrons. The Hall–Kier alpha value is -1.22. The van der Waals surface area contributed by atoms with E-state index in [1.165, 1.54) is 24.3 Å². The average Bonchev–Trinajstić information content (AvgIpc) is 2.37. The van der Waals surface area contributed by atoms with Gasteiger partial charge >= 0.3 is 0 Å². The number of halogens is 1. The zero-order chi connectivity index (χ0) is 15.2. The Morgan fingerprint density at radius 3 is 2.33 bits per heavy atom. The summed E-state index contributed by atoms with van der Waals surface area (Å²) in [5.74, 6) is -0.191. The third-order valence-electron chi connectivity index (χ3n) is 2.67. The van der Waals surface area contributed by atoms with Crippen LogP contribution < -0.4 is 10.0 Å². The van der Waals surface area contributed by atoms with Crippen molar-refractivity contribution < 1.29 is 13.3 Å². The second-order valence-corrected chi connectivity index (χ2v) is 6.30. The molecule has 1 aromatic carbocycles. The molecule has 0 spiro atoms. The lowest BCUT2D eigenvalue weighted by Crippen LogP contribution is -2.39. The molecule has 0 amide bonds. The molecule has 1 aromatic rings. The smallest absolute Gasteiger partial charge is 0.269 e. The molecule has 0 bridgehead atoms. The van der Waals surface area contributed by atoms with Gasteiger partial charge in [0.1, 0.15) is 0 Å². The van der Waals surface area contributed by atoms with E-state index in [2.05, 4.69) is 10.0 Å². The van der Waals surface area contributed by atoms with Gasteiger partial charge < -0.3 is 5.32 Å². The highest BCUT2D eigenvalue weighted by Crippen LogP contribution is 2.13. The molecule has 0 aliphatic heterocycles. The molecule has 0 unspecified atom stereocenters. The average molecular weight is 338 g/mol. The van der Waals surface area contributed by atoms with Gasteiger partial charge in [0.15, 0.2) is 0 Å². The monoisotopic (exact) mass is 337 g/mol. The van der Waals surface area contributed by atoms with Crippen LogP contribution in [0.2, 0.25) is 0 Å². The first-order chi connectivity index (χ1) is 9.34. The Kier molecular flexibility index (Phi) is 8.41. The first-order valence-corrected chi connectivity index (χ1v) is 7.93. The van der Waals surface area contributed by atoms with Crippen LogP contribution in [-0.2, 0) is 15.8 Å². The van der Waals surface area contributed by atoms with Crippen molar-refractivity contribution in [2.24, 2.45) is 0 Å². The zero-order valence-electron chi connectivity index (χ0n) is 11.9. The molecule has 0 fully saturated rings. The van der Waals surface area contributed by atoms with E-state index in [-0.39, 0.29) is 29.9 Å². The van der Waals surface area contributed by atoms with E-state index in [0.717, 1.165) is 6.54 Å². The van der Waals surface area contributed by atoms with Crippen molar-refractivity contribution in [3.8, 4) is 0 Å². The highest BCUT2D eigenvalue weighted by molar-refractivity contribution is 7.88. The number of benzene rings is 1. The van der Waals surface area contributed by atoms with Gasteiger partial charge in [-0.2, -0.15) is 0 Å². The standard InChI is InChI=1S/C12H19N3O4S.ClH/c1-3-13-10(2)8-14-20(18,19)9-11-4-6-12(7-5-11)15(16)17;/h4-7,10,13-14H,3,8-9H2,1-2H3;1H/t10-;/m1./s1. The maximum atomic E-state index is 11.9. The van der Waals surface area contributed by atoms with Gasteiger partial charge in [0.05, 0.1) is 10.7 Å². The van der Waals surface area contributed by atoms with Gasteiger partial charge in [-0.05, 0) is 19.0 Å². The lowest BCUT2D eigenvalue weighted by molar-refractivity contribution is -0.384. The van der Waals surface area contributed by atoms with Gasteiger partial charge in [-0.15, -0.1) is 12.4 Å². The fourth-order valence-electron chi connectivity index (χ4n) is 1.66. The Morgan fingerprint density at radius 2 is 1.86 bits per heavy atom. The summed E-state index contributed by atoms with van der Waals surface area (Å²) >= 11 is 0. The lowest BCUT2D eigenvalue weighted by Gasteiger charge is -2.13. The predicted molar refractivity (Wildman–Crippen MR) is 84.1 cm³/mol. The fourth-order valence-corrected chi connectivity index (χ4v) is 2.89. The van der Waals surface area contributed by atoms with Crippen molar-refractivity contribution in [1.29, 1.82) is 0 Å². The van der Waals surface area contributed by atoms with E-state index >= 15 is 0 Å². The molecular formula is C12H20ClN3O4S. The summed E-state index contributed by atoms with van der Waals surface area (Å²) in [5.41, 5.74) is 0.457. The van der Waals surface area contributed by atoms with E-state index in [1.54, 1.807) is 0 Å². The number of sulfonamides is 1. The number of nitrogens with zero attached hydrogens (tertiary/aromatic N) is 1. The van der Waals surface area contributed by atoms with Gasteiger partial charge in [-0.25, -0.2) is 13.1 Å². The van der Waals surface area contributed by atoms with E-state index in [1.807, 2.05) is 13.8 Å². The molecule has 2 N–H and O–H groups in total. The molecule has 0 aromatic heterocycles. The number of hydrogen-bond acceptors (Lipinski definition) is 5. The third-order valence-corrected chi connectivity index (χ3v) is 3.99. The summed E-state index contributed by atoms with van der Waals surface area (Å²) < 4.78 is 26.2. The molecule has 120 valence electrons. The van der Waals surface area contributed by atoms with E-state index in [9.17, 15) is 18.5 Å². The minimum atomic E-state index is -3.44. The Balaban J connectivity index is 0.00000400. The number of hydrogen-bond donors (Lipinski definition) is 2. The van der Waals surface area contributed by atoms with Gasteiger partial charge in [0, 0.05) is 24.7 Å². The molecule has 1 atom stereocenters. The first kappa shape index (κ1) is 19.8. The third kappa shape index (κ3) is 7.37. The molecule has 9 heteroatoms. The van der Waals surface area contributed by atoms with Gasteiger partial charge in [-0.1, -0.05) is 19.1 Å². The molecule has 0 saturated carbocycles. The molecule has 1 rings (SSSR count). The van der Waals surface area contributed by atoms with Crippen molar-refractivity contribution in [3.05, 3.63) is 39.9 Å². The highest BCUT2D eigenvalue weighted by Gasteiger charge is 2.13. The first-order valence-electron chi connectivity index (χ1n) is 6.28. The minimum Gasteiger partial charge on any atom is -0.313 e. The van der Waals surface area contributed by atoms with Crippen molar-refractivity contribution >= 4 is 28.1 Å². The summed E-state index contributed by atoms with van der Waals surface area (Å²) in [6.07, 6.45) is 0. The van der Waals surface area contributed by atoms with Crippen LogP contribution in [0.15, 0.2) is 24.3 Å². The Labute approximate surface area is 130 Å². The number of nitro benzene ring substituents is 1. The molecule has 0 aliphatic rings. The maximum absolute atomic E-state index is 11.9. The number of nitro groups is 1. The van der Waals surface area contributed by atoms with E-state index in [4.69, 9.17) is 0 Å². The molecule has 0 aliphatic carbocycles. The number of likely N-dealkylation sites (N-methyl/N-ethyl adjacent to an activating group) is 1. The van der Waals surface area contributed by atoms with E-state index in [0.29, 0.717) is 12.1 Å². The van der Waals surface area contributed by atoms with Crippen LogP contribution in [0, 0.1) is 10.1 Å². The molecule has 7 nitrogen and oxygen atoms in total. The quantitative estimate of drug-likeness (QED) is 0.552. The molecule has 0 heterocycles. The highest BCUT2D eigenvalue weighted by atomic mass is 35.5. The minimum absolute atomic E-state index is 0. The largest absolute Gasteiger partial charge is 0.313 e. The molecule has 0 saturated heterocycles. The maximum Gasteiger partial charge on any atom is 0.269 e. The number of non-ortho nitro benzene ring substituents is 1. The number of rotatable bonds is 8. The Morgan fingerprint density at radius 1 is 1.29 bits per heavy atom. The van der Waals surface area contributed by atoms with Crippen molar-refractivity contribution in [2.45, 2.75) is 25.6 Å². The van der Waals surface area contributed by atoms with Crippen molar-refractivity contribution in [3.63, 3.8) is 0 Å². The van der Waals surface area contributed by atoms with E-state index < -0.39 is 14.9 Å². The SMILES string of the molecule is CCN[C@H](C)CNS(=O)(=O)Cc1ccc([N+](=O)[O-])cc1.Cl. The molecular weight excluding hydrogens is 318 g/mol. The predicted octanol–water partition coefficient (Wildman–Crippen LogP) is 1.43. The number of nitrogens with one attached hydrogen (secondary N) is 2. The van der Waals surface area contributed by atoms with Gasteiger partial charge in [0.25, 0.3) is 5.69 Å². The van der Waals surface area contributed by atoms with Crippen LogP contribution >= 0.6 is 12.4 Å². The van der Waals surface area contributed by atoms with Crippen molar-refractivity contribution in [2.75, 3.05) is 13.1 Å². The summed E-state index contributed by atoms with van der Waals surface area (Å²) in [7, 11) is -3.44. The van der Waals surface area contributed by atoms with Gasteiger partial charge in [-0.3, -0.25) is 10.1 Å². The molecule has 21 heavy (non-hydrogen) atoms. The van der Waals surface area contributed by atoms with Crippen molar-refractivity contribution in [1.82, 2.24) is 10.0 Å². The summed E-state index contributed by atoms with van der Waals surface area (Å²) in [6, 6.07) is 5.54. The normalized spacial score (nSPS) is 12.5. The lowest BCUT2D eigenvalue weighted by atomic mass is 10.2. The van der Waals surface area contributed by atoms with Crippen LogP contribution in [-0.4, -0.2) is 32.5 Å². The topological polar surface area (TPSA) is 101 Å². The van der Waals surface area contributed by atoms with Crippen LogP contribution in [0.3, 0.4) is 0 Å². The summed E-state index contributed by atoms with van der Waals surface area (Å²) in [5, 5.41) is 13.6. The van der Waals surface area contributed by atoms with Crippen LogP contribution in [0.4, 0.5) is 5.69 Å². The fraction of sp³-hybridized carbons (Fsp3) is 0.500. The second kappa shape index (κ2) is 8.93. The Bertz CT molecular complexity index is 548. The zero-order valence-corrected chi connectivity index (χ0v) is 13.5.